The lowest BCUT2D eigenvalue weighted by atomic mass is 9.44. The molecule has 5 aliphatic rings. The summed E-state index contributed by atoms with van der Waals surface area (Å²) in [5.41, 5.74) is -5.95. The first-order valence-electron chi connectivity index (χ1n) is 21.2. The first-order valence-corrected chi connectivity index (χ1v) is 21.2. The van der Waals surface area contributed by atoms with Gasteiger partial charge in [0.1, 0.15) is 23.9 Å². The number of rotatable bonds is 4. The number of amides is 1. The van der Waals surface area contributed by atoms with E-state index in [1.54, 1.807) is 98.8 Å². The Kier molecular flexibility index (Phi) is 11.3. The fourth-order valence-electron chi connectivity index (χ4n) is 10.8. The highest BCUT2D eigenvalue weighted by Crippen LogP contribution is 2.64. The Morgan fingerprint density at radius 2 is 1.52 bits per heavy atom. The molecule has 2 saturated carbocycles. The maximum absolute atomic E-state index is 15.6. The van der Waals surface area contributed by atoms with Crippen LogP contribution in [0, 0.1) is 16.7 Å². The molecule has 15 nitrogen and oxygen atoms in total. The van der Waals surface area contributed by atoms with E-state index in [0.717, 1.165) is 13.8 Å². The van der Waals surface area contributed by atoms with Gasteiger partial charge in [0.05, 0.1) is 35.6 Å². The third-order valence-electron chi connectivity index (χ3n) is 14.2. The molecule has 8 rings (SSSR count). The van der Waals surface area contributed by atoms with Gasteiger partial charge in [-0.05, 0) is 72.0 Å². The number of nitrogens with one attached hydrogen (secondary N) is 1. The first-order chi connectivity index (χ1) is 30.2. The second-order valence-electron chi connectivity index (χ2n) is 18.2. The Hall–Kier alpha value is -6.00. The smallest absolute Gasteiger partial charge is 0.338 e. The fraction of sp³-hybridized carbons (Fsp3) is 0.429. The maximum Gasteiger partial charge on any atom is 0.338 e. The summed E-state index contributed by atoms with van der Waals surface area (Å²) in [7, 11) is 0. The van der Waals surface area contributed by atoms with E-state index in [1.807, 2.05) is 0 Å². The molecule has 3 fully saturated rings. The molecule has 7 bridgehead atoms. The van der Waals surface area contributed by atoms with Crippen molar-refractivity contribution in [2.45, 2.75) is 108 Å². The van der Waals surface area contributed by atoms with E-state index in [2.05, 4.69) is 5.32 Å². The molecule has 11 atom stereocenters. The molecule has 0 unspecified atom stereocenters. The number of aliphatic hydroxyl groups is 3. The van der Waals surface area contributed by atoms with Gasteiger partial charge in [-0.1, -0.05) is 74.5 Å². The fourth-order valence-corrected chi connectivity index (χ4v) is 10.8. The van der Waals surface area contributed by atoms with Crippen molar-refractivity contribution in [3.8, 4) is 0 Å². The summed E-state index contributed by atoms with van der Waals surface area (Å²) < 4.78 is 30.5. The van der Waals surface area contributed by atoms with Crippen molar-refractivity contribution in [3.63, 3.8) is 0 Å². The molecule has 0 spiro atoms. The minimum Gasteiger partial charge on any atom is -0.456 e. The zero-order chi connectivity index (χ0) is 46.1. The number of carbonyl (C=O) groups excluding carboxylic acids is 6. The quantitative estimate of drug-likeness (QED) is 0.164. The molecule has 3 aliphatic carbocycles. The summed E-state index contributed by atoms with van der Waals surface area (Å²) in [6, 6.07) is 20.0. The van der Waals surface area contributed by atoms with Crippen molar-refractivity contribution in [2.75, 3.05) is 6.61 Å². The van der Waals surface area contributed by atoms with Gasteiger partial charge in [0.2, 0.25) is 0 Å². The largest absolute Gasteiger partial charge is 0.456 e. The highest BCUT2D eigenvalue weighted by Gasteiger charge is 2.78. The maximum atomic E-state index is 15.6. The molecule has 3 aromatic carbocycles. The van der Waals surface area contributed by atoms with Crippen molar-refractivity contribution >= 4 is 47.7 Å². The van der Waals surface area contributed by atoms with Gasteiger partial charge in [-0.15, -0.1) is 0 Å². The van der Waals surface area contributed by atoms with E-state index in [0.29, 0.717) is 16.7 Å². The third kappa shape index (κ3) is 7.14. The van der Waals surface area contributed by atoms with Crippen LogP contribution < -0.4 is 5.32 Å². The Morgan fingerprint density at radius 3 is 2.16 bits per heavy atom. The predicted octanol–water partition coefficient (Wildman–Crippen LogP) is 4.22. The summed E-state index contributed by atoms with van der Waals surface area (Å²) >= 11 is 0. The molecule has 64 heavy (non-hydrogen) atoms. The summed E-state index contributed by atoms with van der Waals surface area (Å²) in [5.74, 6) is -6.87. The second kappa shape index (κ2) is 16.2. The van der Waals surface area contributed by atoms with E-state index in [-0.39, 0.29) is 35.3 Å². The summed E-state index contributed by atoms with van der Waals surface area (Å²) in [6.07, 6.45) is -7.14. The average molecular weight is 878 g/mol. The van der Waals surface area contributed by atoms with Crippen LogP contribution in [0.3, 0.4) is 0 Å². The average Bonchev–Trinajstić information content (AvgIpc) is 3.25. The van der Waals surface area contributed by atoms with Crippen LogP contribution in [-0.2, 0) is 42.9 Å². The van der Waals surface area contributed by atoms with Crippen LogP contribution in [0.5, 0.6) is 0 Å². The number of benzene rings is 3. The Labute approximate surface area is 369 Å². The number of aliphatic hydroxyl groups excluding tert-OH is 2. The molecule has 1 saturated heterocycles. The van der Waals surface area contributed by atoms with Crippen LogP contribution in [0.4, 0.5) is 0 Å². The van der Waals surface area contributed by atoms with E-state index in [1.165, 1.54) is 19.9 Å². The van der Waals surface area contributed by atoms with Crippen LogP contribution in [-0.4, -0.2) is 105 Å². The molecule has 2 heterocycles. The second-order valence-corrected chi connectivity index (χ2v) is 18.2. The summed E-state index contributed by atoms with van der Waals surface area (Å²) in [6.45, 7) is 8.00. The normalized spacial score (nSPS) is 34.7. The number of fused-ring (bicyclic) bond motifs is 10. The summed E-state index contributed by atoms with van der Waals surface area (Å²) in [5, 5.41) is 40.7. The molecule has 336 valence electrons. The van der Waals surface area contributed by atoms with Gasteiger partial charge < -0.3 is 44.3 Å². The van der Waals surface area contributed by atoms with Crippen molar-refractivity contribution < 1.29 is 67.8 Å². The number of carbonyl (C=O) groups is 6. The van der Waals surface area contributed by atoms with E-state index < -0.39 is 113 Å². The lowest BCUT2D eigenvalue weighted by molar-refractivity contribution is -0.346. The topological polar surface area (TPSA) is 221 Å². The molecule has 3 aromatic rings. The SMILES string of the molecule is CC(=O)O[C@H]1C(=O)[C@@]2(C)[C@H]([C@@H]3OC(=O)c4cccc(c4)/C=C\c4cccc(c4)[C@H](NC(=O)c4ccccc4)[C@@H](O)C(=O)O[C@H]4C[C@]3(O)C(C)(C)C1=C4C)[C@]1(OC(C)=O)CO[C@@H]1C[C@@H]2O. The van der Waals surface area contributed by atoms with Gasteiger partial charge in [-0.25, -0.2) is 9.59 Å². The van der Waals surface area contributed by atoms with Crippen molar-refractivity contribution in [1.82, 2.24) is 5.32 Å². The lowest BCUT2D eigenvalue weighted by Gasteiger charge is -2.67. The van der Waals surface area contributed by atoms with Crippen LogP contribution in [0.15, 0.2) is 90.0 Å². The minimum atomic E-state index is -2.40. The van der Waals surface area contributed by atoms with Crippen molar-refractivity contribution in [1.29, 1.82) is 0 Å². The predicted molar refractivity (Wildman–Crippen MR) is 227 cm³/mol. The molecular weight excluding hydrogens is 827 g/mol. The van der Waals surface area contributed by atoms with Crippen molar-refractivity contribution in [2.24, 2.45) is 16.7 Å². The van der Waals surface area contributed by atoms with E-state index in [4.69, 9.17) is 23.7 Å². The minimum absolute atomic E-state index is 0.00152. The number of hydrogen-bond donors (Lipinski definition) is 4. The Balaban J connectivity index is 1.37. The standard InChI is InChI=1S/C49H51NO14/c1-25-33-23-49(59)42(40-47(6,34(53)22-35-48(40,24-60-35)64-27(3)52)41(55)39(61-26(2)51)36(25)46(49,4)5)63-44(57)32-17-11-13-29(21-32)19-18-28-12-10-16-31(20-28)37(38(54)45(58)62-33)50-43(56)30-14-8-7-9-15-30/h7-21,33-35,37-40,42,53-54,59H,22-24H2,1-6H3,(H,50,56)/b19-18-/t33-,34-,35+,37-,38+,39+,40-,42-,47+,48-,49+/m0/s1. The first kappa shape index (κ1) is 44.6. The lowest BCUT2D eigenvalue weighted by Crippen LogP contribution is -2.82. The molecule has 1 amide bonds. The molecule has 15 heteroatoms. The molecular formula is C49H51NO14. The molecule has 0 radical (unpaired) electrons. The van der Waals surface area contributed by atoms with Crippen LogP contribution in [0.25, 0.3) is 12.2 Å². The van der Waals surface area contributed by atoms with E-state index in [9.17, 15) is 39.3 Å². The van der Waals surface area contributed by atoms with Gasteiger partial charge in [0.25, 0.3) is 5.91 Å². The van der Waals surface area contributed by atoms with Gasteiger partial charge in [0, 0.05) is 37.7 Å². The van der Waals surface area contributed by atoms with Crippen LogP contribution in [0.1, 0.15) is 97.8 Å². The van der Waals surface area contributed by atoms with Crippen LogP contribution >= 0.6 is 0 Å². The van der Waals surface area contributed by atoms with Gasteiger partial charge in [-0.3, -0.25) is 19.2 Å². The number of hydrogen-bond acceptors (Lipinski definition) is 14. The molecule has 0 aromatic heterocycles. The Morgan fingerprint density at radius 1 is 0.844 bits per heavy atom. The number of Topliss-reactive ketones (excluding diaryl/α,β-unsaturated/α-hetero) is 1. The van der Waals surface area contributed by atoms with Crippen LogP contribution in [0.2, 0.25) is 0 Å². The number of esters is 4. The highest BCUT2D eigenvalue weighted by atomic mass is 16.6. The zero-order valence-electron chi connectivity index (χ0n) is 36.2. The van der Waals surface area contributed by atoms with Gasteiger partial charge in [-0.2, -0.15) is 0 Å². The number of ether oxygens (including phenoxy) is 5. The zero-order valence-corrected chi connectivity index (χ0v) is 36.2. The Bertz CT molecular complexity index is 2500. The highest BCUT2D eigenvalue weighted by molar-refractivity contribution is 5.96. The van der Waals surface area contributed by atoms with E-state index >= 15 is 4.79 Å². The van der Waals surface area contributed by atoms with Crippen molar-refractivity contribution in [3.05, 3.63) is 118 Å². The monoisotopic (exact) mass is 877 g/mol. The summed E-state index contributed by atoms with van der Waals surface area (Å²) in [4.78, 5) is 84.5. The molecule has 4 N–H and O–H groups in total. The number of ketones is 1. The van der Waals surface area contributed by atoms with Gasteiger partial charge in [0.15, 0.2) is 23.6 Å². The molecule has 2 aliphatic heterocycles. The van der Waals surface area contributed by atoms with Gasteiger partial charge >= 0.3 is 23.9 Å². The third-order valence-corrected chi connectivity index (χ3v) is 14.2.